The molecule has 0 aromatic rings. The zero-order valence-corrected chi connectivity index (χ0v) is 9.04. The normalized spacial score (nSPS) is 45.9. The summed E-state index contributed by atoms with van der Waals surface area (Å²) in [6.07, 6.45) is 1.66. The Morgan fingerprint density at radius 2 is 2.07 bits per heavy atom. The first-order valence-corrected chi connectivity index (χ1v) is 5.26. The second-order valence-electron chi connectivity index (χ2n) is 5.42. The number of fused-ring (bicyclic) bond motifs is 1. The number of esters is 1. The lowest BCUT2D eigenvalue weighted by atomic mass is 9.60. The van der Waals surface area contributed by atoms with Gasteiger partial charge in [-0.25, -0.2) is 0 Å². The van der Waals surface area contributed by atoms with Gasteiger partial charge in [0.15, 0.2) is 0 Å². The third-order valence-electron chi connectivity index (χ3n) is 4.13. The van der Waals surface area contributed by atoms with Gasteiger partial charge in [0.1, 0.15) is 5.60 Å². The van der Waals surface area contributed by atoms with E-state index in [1.165, 1.54) is 0 Å². The van der Waals surface area contributed by atoms with E-state index in [0.717, 1.165) is 12.8 Å². The van der Waals surface area contributed by atoms with Crippen LogP contribution in [0.15, 0.2) is 0 Å². The van der Waals surface area contributed by atoms with Crippen molar-refractivity contribution in [3.05, 3.63) is 0 Å². The quantitative estimate of drug-likeness (QED) is 0.600. The molecule has 1 saturated heterocycles. The summed E-state index contributed by atoms with van der Waals surface area (Å²) in [6, 6.07) is 0. The summed E-state index contributed by atoms with van der Waals surface area (Å²) in [6.45, 7) is 6.06. The number of ether oxygens (including phenoxy) is 1. The predicted molar refractivity (Wildman–Crippen MR) is 51.6 cm³/mol. The molecule has 0 aromatic heterocycles. The molecule has 80 valence electrons. The van der Waals surface area contributed by atoms with Crippen LogP contribution in [0.5, 0.6) is 0 Å². The van der Waals surface area contributed by atoms with Crippen molar-refractivity contribution in [2.45, 2.75) is 51.7 Å². The van der Waals surface area contributed by atoms with Crippen LogP contribution in [-0.4, -0.2) is 22.8 Å². The van der Waals surface area contributed by atoms with Gasteiger partial charge in [-0.1, -0.05) is 13.8 Å². The van der Waals surface area contributed by atoms with Gasteiger partial charge in [-0.2, -0.15) is 0 Å². The molecule has 3 nitrogen and oxygen atoms in total. The Balaban J connectivity index is 2.33. The highest BCUT2D eigenvalue weighted by Gasteiger charge is 2.57. The number of rotatable bonds is 0. The largest absolute Gasteiger partial charge is 0.459 e. The smallest absolute Gasteiger partial charge is 0.306 e. The Morgan fingerprint density at radius 3 is 2.71 bits per heavy atom. The molecule has 14 heavy (non-hydrogen) atoms. The molecule has 0 bridgehead atoms. The van der Waals surface area contributed by atoms with Gasteiger partial charge >= 0.3 is 5.97 Å². The van der Waals surface area contributed by atoms with Crippen LogP contribution >= 0.6 is 0 Å². The van der Waals surface area contributed by atoms with Gasteiger partial charge in [0.2, 0.25) is 0 Å². The van der Waals surface area contributed by atoms with E-state index in [0.29, 0.717) is 6.42 Å². The van der Waals surface area contributed by atoms with Crippen molar-refractivity contribution in [1.29, 1.82) is 0 Å². The SMILES string of the molecule is CC1(C)[C@@H](O)CC[C@]2(C)OC(=O)C[C@@H]12. The molecule has 3 atom stereocenters. The summed E-state index contributed by atoms with van der Waals surface area (Å²) in [4.78, 5) is 11.3. The summed E-state index contributed by atoms with van der Waals surface area (Å²) >= 11 is 0. The van der Waals surface area contributed by atoms with E-state index < -0.39 is 0 Å². The fourth-order valence-corrected chi connectivity index (χ4v) is 3.06. The van der Waals surface area contributed by atoms with Crippen LogP contribution in [0.1, 0.15) is 40.0 Å². The molecule has 1 aliphatic heterocycles. The van der Waals surface area contributed by atoms with Gasteiger partial charge in [0, 0.05) is 5.92 Å². The average molecular weight is 198 g/mol. The number of carbonyl (C=O) groups is 1. The van der Waals surface area contributed by atoms with Gasteiger partial charge in [-0.15, -0.1) is 0 Å². The van der Waals surface area contributed by atoms with Crippen LogP contribution in [0.2, 0.25) is 0 Å². The summed E-state index contributed by atoms with van der Waals surface area (Å²) in [7, 11) is 0. The highest BCUT2D eigenvalue weighted by molar-refractivity contribution is 5.73. The number of hydrogen-bond acceptors (Lipinski definition) is 3. The zero-order chi connectivity index (χ0) is 10.6. The highest BCUT2D eigenvalue weighted by atomic mass is 16.6. The molecule has 2 rings (SSSR count). The number of hydrogen-bond donors (Lipinski definition) is 1. The molecule has 0 radical (unpaired) electrons. The van der Waals surface area contributed by atoms with Crippen LogP contribution < -0.4 is 0 Å². The topological polar surface area (TPSA) is 46.5 Å². The molecular weight excluding hydrogens is 180 g/mol. The van der Waals surface area contributed by atoms with Crippen LogP contribution in [0, 0.1) is 11.3 Å². The Bertz CT molecular complexity index is 272. The Morgan fingerprint density at radius 1 is 1.43 bits per heavy atom. The first-order valence-electron chi connectivity index (χ1n) is 5.26. The number of carbonyl (C=O) groups excluding carboxylic acids is 1. The molecule has 2 fully saturated rings. The lowest BCUT2D eigenvalue weighted by molar-refractivity contribution is -0.158. The first-order chi connectivity index (χ1) is 6.36. The van der Waals surface area contributed by atoms with Crippen LogP contribution in [0.3, 0.4) is 0 Å². The monoisotopic (exact) mass is 198 g/mol. The molecule has 0 unspecified atom stereocenters. The molecule has 1 N–H and O–H groups in total. The molecule has 1 saturated carbocycles. The number of aliphatic hydroxyl groups is 1. The molecule has 0 spiro atoms. The fourth-order valence-electron chi connectivity index (χ4n) is 3.06. The standard InChI is InChI=1S/C11H18O3/c1-10(2)7-6-9(13)14-11(7,3)5-4-8(10)12/h7-8,12H,4-6H2,1-3H3/t7-,8-,11-/m0/s1. The Labute approximate surface area is 84.4 Å². The summed E-state index contributed by atoms with van der Waals surface area (Å²) < 4.78 is 5.39. The first kappa shape index (κ1) is 9.97. The summed E-state index contributed by atoms with van der Waals surface area (Å²) in [5.74, 6) is 0.0472. The van der Waals surface area contributed by atoms with Crippen molar-refractivity contribution in [2.24, 2.45) is 11.3 Å². The van der Waals surface area contributed by atoms with Gasteiger partial charge in [0.05, 0.1) is 12.5 Å². The Hall–Kier alpha value is -0.570. The van der Waals surface area contributed by atoms with E-state index in [1.807, 2.05) is 20.8 Å². The van der Waals surface area contributed by atoms with Crippen molar-refractivity contribution < 1.29 is 14.6 Å². The summed E-state index contributed by atoms with van der Waals surface area (Å²) in [5.41, 5.74) is -0.543. The molecule has 1 aliphatic carbocycles. The lowest BCUT2D eigenvalue weighted by Crippen LogP contribution is -2.51. The zero-order valence-electron chi connectivity index (χ0n) is 9.04. The maximum absolute atomic E-state index is 11.3. The minimum absolute atomic E-state index is 0.111. The van der Waals surface area contributed by atoms with E-state index in [2.05, 4.69) is 0 Å². The maximum Gasteiger partial charge on any atom is 0.306 e. The van der Waals surface area contributed by atoms with Crippen molar-refractivity contribution >= 4 is 5.97 Å². The molecule has 3 heteroatoms. The molecule has 1 heterocycles. The molecule has 2 aliphatic rings. The average Bonchev–Trinajstić information content (AvgIpc) is 2.37. The molecular formula is C11H18O3. The van der Waals surface area contributed by atoms with Gasteiger partial charge < -0.3 is 9.84 Å². The second kappa shape index (κ2) is 2.72. The van der Waals surface area contributed by atoms with E-state index in [9.17, 15) is 9.90 Å². The number of aliphatic hydroxyl groups excluding tert-OH is 1. The maximum atomic E-state index is 11.3. The summed E-state index contributed by atoms with van der Waals surface area (Å²) in [5, 5.41) is 9.92. The van der Waals surface area contributed by atoms with Crippen LogP contribution in [0.25, 0.3) is 0 Å². The van der Waals surface area contributed by atoms with Gasteiger partial charge in [-0.05, 0) is 25.2 Å². The van der Waals surface area contributed by atoms with E-state index in [1.54, 1.807) is 0 Å². The van der Waals surface area contributed by atoms with Gasteiger partial charge in [0.25, 0.3) is 0 Å². The fraction of sp³-hybridized carbons (Fsp3) is 0.909. The van der Waals surface area contributed by atoms with Gasteiger partial charge in [-0.3, -0.25) is 4.79 Å². The predicted octanol–water partition coefficient (Wildman–Crippen LogP) is 1.49. The van der Waals surface area contributed by atoms with Crippen LogP contribution in [0.4, 0.5) is 0 Å². The minimum Gasteiger partial charge on any atom is -0.459 e. The van der Waals surface area contributed by atoms with E-state index in [-0.39, 0.29) is 29.0 Å². The highest BCUT2D eigenvalue weighted by Crippen LogP contribution is 2.52. The third kappa shape index (κ3) is 1.18. The van der Waals surface area contributed by atoms with Crippen LogP contribution in [-0.2, 0) is 9.53 Å². The van der Waals surface area contributed by atoms with E-state index >= 15 is 0 Å². The van der Waals surface area contributed by atoms with Crippen molar-refractivity contribution in [3.63, 3.8) is 0 Å². The van der Waals surface area contributed by atoms with Crippen molar-refractivity contribution in [1.82, 2.24) is 0 Å². The van der Waals surface area contributed by atoms with Crippen molar-refractivity contribution in [2.75, 3.05) is 0 Å². The Kier molecular flexibility index (Phi) is 1.94. The minimum atomic E-state index is -0.334. The second-order valence-corrected chi connectivity index (χ2v) is 5.42. The van der Waals surface area contributed by atoms with E-state index in [4.69, 9.17) is 4.74 Å². The lowest BCUT2D eigenvalue weighted by Gasteiger charge is -2.47. The molecule has 0 aromatic carbocycles. The third-order valence-corrected chi connectivity index (χ3v) is 4.13. The van der Waals surface area contributed by atoms with Crippen molar-refractivity contribution in [3.8, 4) is 0 Å². The molecule has 0 amide bonds.